The van der Waals surface area contributed by atoms with E-state index >= 15 is 0 Å². The summed E-state index contributed by atoms with van der Waals surface area (Å²) in [6.07, 6.45) is 1.59. The molecule has 142 valence electrons. The SMILES string of the molecule is CCOc1ccc2nc(Cl)c(CN(Cc3ccco3)C(=O)N(C)C)cc2c1. The van der Waals surface area contributed by atoms with E-state index in [1.165, 1.54) is 4.90 Å². The standard InChI is InChI=1S/C20H22ClN3O3/c1-4-26-16-7-8-18-14(11-16)10-15(19(21)22-18)12-24(20(25)23(2)3)13-17-6-5-9-27-17/h5-11H,4,12-13H2,1-3H3. The quantitative estimate of drug-likeness (QED) is 0.581. The van der Waals surface area contributed by atoms with Crippen molar-refractivity contribution in [1.29, 1.82) is 0 Å². The van der Waals surface area contributed by atoms with E-state index in [9.17, 15) is 4.79 Å². The van der Waals surface area contributed by atoms with Gasteiger partial charge < -0.3 is 19.0 Å². The molecule has 2 aromatic heterocycles. The lowest BCUT2D eigenvalue weighted by molar-refractivity contribution is 0.161. The van der Waals surface area contributed by atoms with Crippen LogP contribution in [0.1, 0.15) is 18.2 Å². The molecular formula is C20H22ClN3O3. The number of fused-ring (bicyclic) bond motifs is 1. The van der Waals surface area contributed by atoms with Gasteiger partial charge in [-0.15, -0.1) is 0 Å². The van der Waals surface area contributed by atoms with Gasteiger partial charge in [-0.05, 0) is 43.3 Å². The van der Waals surface area contributed by atoms with Crippen LogP contribution in [0.4, 0.5) is 4.79 Å². The molecule has 0 saturated carbocycles. The normalized spacial score (nSPS) is 10.8. The first-order chi connectivity index (χ1) is 13.0. The van der Waals surface area contributed by atoms with E-state index in [0.717, 1.165) is 22.2 Å². The number of amides is 2. The molecule has 0 N–H and O–H groups in total. The fourth-order valence-electron chi connectivity index (χ4n) is 2.81. The highest BCUT2D eigenvalue weighted by molar-refractivity contribution is 6.30. The van der Waals surface area contributed by atoms with Crippen LogP contribution in [-0.2, 0) is 13.1 Å². The average Bonchev–Trinajstić information content (AvgIpc) is 3.14. The Balaban J connectivity index is 1.92. The lowest BCUT2D eigenvalue weighted by Gasteiger charge is -2.25. The lowest BCUT2D eigenvalue weighted by atomic mass is 10.1. The van der Waals surface area contributed by atoms with E-state index in [-0.39, 0.29) is 6.03 Å². The summed E-state index contributed by atoms with van der Waals surface area (Å²) in [5.41, 5.74) is 1.54. The largest absolute Gasteiger partial charge is 0.494 e. The van der Waals surface area contributed by atoms with Crippen LogP contribution in [0.5, 0.6) is 5.75 Å². The summed E-state index contributed by atoms with van der Waals surface area (Å²) in [5.74, 6) is 1.48. The van der Waals surface area contributed by atoms with Crippen molar-refractivity contribution in [2.75, 3.05) is 20.7 Å². The third-order valence-corrected chi connectivity index (χ3v) is 4.39. The van der Waals surface area contributed by atoms with Crippen molar-refractivity contribution in [3.63, 3.8) is 0 Å². The maximum absolute atomic E-state index is 12.6. The number of benzene rings is 1. The Hall–Kier alpha value is -2.73. The number of carbonyl (C=O) groups excluding carboxylic acids is 1. The van der Waals surface area contributed by atoms with E-state index in [2.05, 4.69) is 4.98 Å². The van der Waals surface area contributed by atoms with E-state index in [1.807, 2.05) is 37.3 Å². The number of aromatic nitrogens is 1. The van der Waals surface area contributed by atoms with Crippen LogP contribution in [-0.4, -0.2) is 41.5 Å². The van der Waals surface area contributed by atoms with Gasteiger partial charge in [-0.3, -0.25) is 0 Å². The van der Waals surface area contributed by atoms with Crippen LogP contribution in [0.2, 0.25) is 5.15 Å². The minimum Gasteiger partial charge on any atom is -0.494 e. The summed E-state index contributed by atoms with van der Waals surface area (Å²) in [6.45, 7) is 3.19. The Morgan fingerprint density at radius 1 is 1.22 bits per heavy atom. The average molecular weight is 388 g/mol. The number of pyridine rings is 1. The smallest absolute Gasteiger partial charge is 0.320 e. The Morgan fingerprint density at radius 3 is 2.70 bits per heavy atom. The van der Waals surface area contributed by atoms with Crippen LogP contribution in [0.15, 0.2) is 47.1 Å². The molecule has 0 spiro atoms. The second-order valence-electron chi connectivity index (χ2n) is 6.34. The number of hydrogen-bond donors (Lipinski definition) is 0. The van der Waals surface area contributed by atoms with E-state index in [0.29, 0.717) is 30.6 Å². The van der Waals surface area contributed by atoms with Crippen molar-refractivity contribution in [3.8, 4) is 5.75 Å². The summed E-state index contributed by atoms with van der Waals surface area (Å²) in [5, 5.41) is 1.29. The summed E-state index contributed by atoms with van der Waals surface area (Å²) in [7, 11) is 3.43. The first kappa shape index (κ1) is 19.0. The van der Waals surface area contributed by atoms with E-state index in [1.54, 1.807) is 31.3 Å². The van der Waals surface area contributed by atoms with Gasteiger partial charge in [0.1, 0.15) is 16.7 Å². The number of carbonyl (C=O) groups is 1. The van der Waals surface area contributed by atoms with Crippen LogP contribution < -0.4 is 4.74 Å². The molecule has 0 bridgehead atoms. The Bertz CT molecular complexity index is 926. The molecule has 0 saturated heterocycles. The monoisotopic (exact) mass is 387 g/mol. The van der Waals surface area contributed by atoms with E-state index in [4.69, 9.17) is 20.8 Å². The summed E-state index contributed by atoms with van der Waals surface area (Å²) in [6, 6.07) is 11.1. The number of rotatable bonds is 6. The second-order valence-corrected chi connectivity index (χ2v) is 6.70. The van der Waals surface area contributed by atoms with Gasteiger partial charge in [0.15, 0.2) is 0 Å². The molecule has 0 fully saturated rings. The lowest BCUT2D eigenvalue weighted by Crippen LogP contribution is -2.38. The molecule has 3 aromatic rings. The Kier molecular flexibility index (Phi) is 5.86. The highest BCUT2D eigenvalue weighted by atomic mass is 35.5. The molecule has 3 rings (SSSR count). The van der Waals surface area contributed by atoms with Crippen LogP contribution in [0.25, 0.3) is 10.9 Å². The summed E-state index contributed by atoms with van der Waals surface area (Å²) >= 11 is 6.40. The molecular weight excluding hydrogens is 366 g/mol. The first-order valence-electron chi connectivity index (χ1n) is 8.68. The molecule has 2 amide bonds. The van der Waals surface area contributed by atoms with Crippen LogP contribution in [0.3, 0.4) is 0 Å². The predicted molar refractivity (Wildman–Crippen MR) is 105 cm³/mol. The number of urea groups is 1. The number of hydrogen-bond acceptors (Lipinski definition) is 4. The molecule has 0 unspecified atom stereocenters. The van der Waals surface area contributed by atoms with Crippen molar-refractivity contribution in [2.45, 2.75) is 20.0 Å². The number of ether oxygens (including phenoxy) is 1. The van der Waals surface area contributed by atoms with Gasteiger partial charge >= 0.3 is 6.03 Å². The summed E-state index contributed by atoms with van der Waals surface area (Å²) in [4.78, 5) is 20.3. The maximum atomic E-state index is 12.6. The van der Waals surface area contributed by atoms with Gasteiger partial charge in [-0.25, -0.2) is 9.78 Å². The van der Waals surface area contributed by atoms with Gasteiger partial charge in [-0.2, -0.15) is 0 Å². The molecule has 1 aromatic carbocycles. The van der Waals surface area contributed by atoms with Crippen molar-refractivity contribution in [3.05, 3.63) is 59.1 Å². The van der Waals surface area contributed by atoms with Gasteiger partial charge in [0.25, 0.3) is 0 Å². The second kappa shape index (κ2) is 8.31. The Morgan fingerprint density at radius 2 is 2.04 bits per heavy atom. The zero-order valence-corrected chi connectivity index (χ0v) is 16.4. The van der Waals surface area contributed by atoms with E-state index < -0.39 is 0 Å². The molecule has 0 atom stereocenters. The molecule has 7 heteroatoms. The third-order valence-electron chi connectivity index (χ3n) is 4.06. The molecule has 27 heavy (non-hydrogen) atoms. The fraction of sp³-hybridized carbons (Fsp3) is 0.300. The van der Waals surface area contributed by atoms with Gasteiger partial charge in [0.05, 0.1) is 31.5 Å². The highest BCUT2D eigenvalue weighted by Crippen LogP contribution is 2.26. The van der Waals surface area contributed by atoms with Gasteiger partial charge in [-0.1, -0.05) is 11.6 Å². The fourth-order valence-corrected chi connectivity index (χ4v) is 3.02. The number of halogens is 1. The van der Waals surface area contributed by atoms with Crippen molar-refractivity contribution >= 4 is 28.5 Å². The van der Waals surface area contributed by atoms with Crippen LogP contribution >= 0.6 is 11.6 Å². The minimum absolute atomic E-state index is 0.134. The third kappa shape index (κ3) is 4.52. The number of nitrogens with zero attached hydrogens (tertiary/aromatic N) is 3. The van der Waals surface area contributed by atoms with Gasteiger partial charge in [0.2, 0.25) is 0 Å². The van der Waals surface area contributed by atoms with Gasteiger partial charge in [0, 0.05) is 25.0 Å². The van der Waals surface area contributed by atoms with Crippen LogP contribution in [0, 0.1) is 0 Å². The predicted octanol–water partition coefficient (Wildman–Crippen LogP) is 4.56. The van der Waals surface area contributed by atoms with Crippen molar-refractivity contribution in [2.24, 2.45) is 0 Å². The molecule has 0 aliphatic rings. The number of furan rings is 1. The zero-order chi connectivity index (χ0) is 19.4. The topological polar surface area (TPSA) is 58.8 Å². The molecule has 6 nitrogen and oxygen atoms in total. The Labute approximate surface area is 163 Å². The highest BCUT2D eigenvalue weighted by Gasteiger charge is 2.19. The molecule has 0 aliphatic heterocycles. The first-order valence-corrected chi connectivity index (χ1v) is 9.06. The molecule has 2 heterocycles. The zero-order valence-electron chi connectivity index (χ0n) is 15.6. The maximum Gasteiger partial charge on any atom is 0.320 e. The molecule has 0 aliphatic carbocycles. The van der Waals surface area contributed by atoms with Crippen molar-refractivity contribution < 1.29 is 13.9 Å². The summed E-state index contributed by atoms with van der Waals surface area (Å²) < 4.78 is 11.0. The molecule has 0 radical (unpaired) electrons. The van der Waals surface area contributed by atoms with Crippen molar-refractivity contribution in [1.82, 2.24) is 14.8 Å². The minimum atomic E-state index is -0.134.